The Morgan fingerprint density at radius 3 is 1.33 bits per heavy atom. The molecule has 2 atom stereocenters. The molecular weight excluding hydrogens is 448 g/mol. The third-order valence-corrected chi connectivity index (χ3v) is 6.58. The normalized spacial score (nSPS) is 13.0. The lowest BCUT2D eigenvalue weighted by atomic mass is 10.3. The van der Waals surface area contributed by atoms with E-state index >= 15 is 0 Å². The first-order chi connectivity index (χ1) is 15.6. The zero-order valence-corrected chi connectivity index (χ0v) is 20.1. The van der Waals surface area contributed by atoms with Crippen LogP contribution in [0.2, 0.25) is 0 Å². The zero-order chi connectivity index (χ0) is 24.4. The number of benzene rings is 2. The van der Waals surface area contributed by atoms with Crippen molar-refractivity contribution in [3.8, 4) is 11.5 Å². The average molecular weight is 479 g/mol. The summed E-state index contributed by atoms with van der Waals surface area (Å²) in [6.45, 7) is 6.87. The highest BCUT2D eigenvalue weighted by atomic mass is 32.2. The summed E-state index contributed by atoms with van der Waals surface area (Å²) in [7, 11) is -3.77. The van der Waals surface area contributed by atoms with E-state index in [0.29, 0.717) is 24.3 Å². The SMILES string of the molecule is CCC(C)OC(=O)COc1ccc(S(=O)(=O)c2ccc(OCC(=O)OC(C)CC)cc2)cc1. The second-order valence-corrected chi connectivity index (χ2v) is 9.39. The van der Waals surface area contributed by atoms with Gasteiger partial charge in [0.1, 0.15) is 11.5 Å². The number of carbonyl (C=O) groups excluding carboxylic acids is 2. The van der Waals surface area contributed by atoms with Crippen LogP contribution in [0.3, 0.4) is 0 Å². The largest absolute Gasteiger partial charge is 0.482 e. The monoisotopic (exact) mass is 478 g/mol. The van der Waals surface area contributed by atoms with Gasteiger partial charge >= 0.3 is 11.9 Å². The summed E-state index contributed by atoms with van der Waals surface area (Å²) in [5.41, 5.74) is 0. The topological polar surface area (TPSA) is 105 Å². The highest BCUT2D eigenvalue weighted by Gasteiger charge is 2.18. The molecule has 0 amide bonds. The molecule has 180 valence electrons. The van der Waals surface area contributed by atoms with Gasteiger partial charge in [0.2, 0.25) is 9.84 Å². The predicted molar refractivity (Wildman–Crippen MR) is 121 cm³/mol. The number of sulfone groups is 1. The maximum atomic E-state index is 12.9. The first-order valence-electron chi connectivity index (χ1n) is 10.8. The number of carbonyl (C=O) groups is 2. The Labute approximate surface area is 194 Å². The Morgan fingerprint density at radius 1 is 0.697 bits per heavy atom. The van der Waals surface area contributed by atoms with Crippen LogP contribution in [0.4, 0.5) is 0 Å². The van der Waals surface area contributed by atoms with Gasteiger partial charge < -0.3 is 18.9 Å². The summed E-state index contributed by atoms with van der Waals surface area (Å²) < 4.78 is 46.7. The van der Waals surface area contributed by atoms with Crippen LogP contribution in [0, 0.1) is 0 Å². The van der Waals surface area contributed by atoms with Crippen molar-refractivity contribution in [3.05, 3.63) is 48.5 Å². The van der Waals surface area contributed by atoms with Gasteiger partial charge in [-0.1, -0.05) is 13.8 Å². The number of rotatable bonds is 12. The van der Waals surface area contributed by atoms with Crippen LogP contribution in [0.25, 0.3) is 0 Å². The van der Waals surface area contributed by atoms with Crippen LogP contribution in [0.5, 0.6) is 11.5 Å². The van der Waals surface area contributed by atoms with E-state index < -0.39 is 21.8 Å². The second kappa shape index (κ2) is 12.2. The first-order valence-corrected chi connectivity index (χ1v) is 12.2. The molecule has 2 unspecified atom stereocenters. The molecule has 0 aliphatic heterocycles. The van der Waals surface area contributed by atoms with Gasteiger partial charge in [0.05, 0.1) is 22.0 Å². The second-order valence-electron chi connectivity index (χ2n) is 7.44. The van der Waals surface area contributed by atoms with Crippen LogP contribution < -0.4 is 9.47 Å². The molecule has 0 aliphatic carbocycles. The fourth-order valence-electron chi connectivity index (χ4n) is 2.53. The van der Waals surface area contributed by atoms with Gasteiger partial charge in [-0.25, -0.2) is 18.0 Å². The Bertz CT molecular complexity index is 936. The lowest BCUT2D eigenvalue weighted by Crippen LogP contribution is -2.20. The molecule has 2 aromatic carbocycles. The Hall–Kier alpha value is -3.07. The van der Waals surface area contributed by atoms with Gasteiger partial charge in [-0.05, 0) is 75.2 Å². The van der Waals surface area contributed by atoms with Crippen LogP contribution in [-0.4, -0.2) is 45.8 Å². The molecule has 0 N–H and O–H groups in total. The fraction of sp³-hybridized carbons (Fsp3) is 0.417. The van der Waals surface area contributed by atoms with E-state index in [1.165, 1.54) is 48.5 Å². The molecule has 0 aromatic heterocycles. The molecule has 9 heteroatoms. The molecule has 0 bridgehead atoms. The highest BCUT2D eigenvalue weighted by Crippen LogP contribution is 2.25. The minimum Gasteiger partial charge on any atom is -0.482 e. The third kappa shape index (κ3) is 8.09. The molecule has 8 nitrogen and oxygen atoms in total. The van der Waals surface area contributed by atoms with Crippen molar-refractivity contribution >= 4 is 21.8 Å². The Balaban J connectivity index is 1.96. The van der Waals surface area contributed by atoms with E-state index in [4.69, 9.17) is 18.9 Å². The minimum absolute atomic E-state index is 0.0721. The number of hydrogen-bond acceptors (Lipinski definition) is 8. The highest BCUT2D eigenvalue weighted by molar-refractivity contribution is 7.91. The molecule has 0 radical (unpaired) electrons. The summed E-state index contributed by atoms with van der Waals surface area (Å²) in [6, 6.07) is 11.5. The van der Waals surface area contributed by atoms with E-state index in [1.807, 2.05) is 13.8 Å². The van der Waals surface area contributed by atoms with Gasteiger partial charge in [-0.3, -0.25) is 0 Å². The molecule has 33 heavy (non-hydrogen) atoms. The number of ether oxygens (including phenoxy) is 4. The van der Waals surface area contributed by atoms with Crippen molar-refractivity contribution in [1.82, 2.24) is 0 Å². The smallest absolute Gasteiger partial charge is 0.344 e. The maximum Gasteiger partial charge on any atom is 0.344 e. The Kier molecular flexibility index (Phi) is 9.72. The molecule has 2 rings (SSSR count). The fourth-order valence-corrected chi connectivity index (χ4v) is 3.80. The number of hydrogen-bond donors (Lipinski definition) is 0. The van der Waals surface area contributed by atoms with Crippen LogP contribution >= 0.6 is 0 Å². The first kappa shape index (κ1) is 26.2. The van der Waals surface area contributed by atoms with E-state index in [0.717, 1.165) is 0 Å². The van der Waals surface area contributed by atoms with Crippen molar-refractivity contribution < 1.29 is 37.0 Å². The molecule has 0 saturated heterocycles. The molecular formula is C24H30O8S. The van der Waals surface area contributed by atoms with E-state index in [1.54, 1.807) is 13.8 Å². The van der Waals surface area contributed by atoms with Crippen LogP contribution in [0.1, 0.15) is 40.5 Å². The van der Waals surface area contributed by atoms with Crippen molar-refractivity contribution in [3.63, 3.8) is 0 Å². The van der Waals surface area contributed by atoms with Gasteiger partial charge in [0, 0.05) is 0 Å². The summed E-state index contributed by atoms with van der Waals surface area (Å²) in [5, 5.41) is 0. The molecule has 0 heterocycles. The van der Waals surface area contributed by atoms with Gasteiger partial charge in [0.25, 0.3) is 0 Å². The molecule has 0 fully saturated rings. The van der Waals surface area contributed by atoms with Crippen molar-refractivity contribution in [2.45, 2.75) is 62.5 Å². The summed E-state index contributed by atoms with van der Waals surface area (Å²) in [6.07, 6.45) is 1.03. The van der Waals surface area contributed by atoms with E-state index in [2.05, 4.69) is 0 Å². The summed E-state index contributed by atoms with van der Waals surface area (Å²) >= 11 is 0. The van der Waals surface area contributed by atoms with Gasteiger partial charge in [-0.15, -0.1) is 0 Å². The zero-order valence-electron chi connectivity index (χ0n) is 19.3. The molecule has 0 saturated carbocycles. The molecule has 2 aromatic rings. The maximum absolute atomic E-state index is 12.9. The average Bonchev–Trinajstić information content (AvgIpc) is 2.81. The molecule has 0 aliphatic rings. The van der Waals surface area contributed by atoms with Gasteiger partial charge in [0.15, 0.2) is 13.2 Å². The van der Waals surface area contributed by atoms with E-state index in [-0.39, 0.29) is 35.2 Å². The molecule has 0 spiro atoms. The van der Waals surface area contributed by atoms with Crippen molar-refractivity contribution in [1.29, 1.82) is 0 Å². The minimum atomic E-state index is -3.77. The van der Waals surface area contributed by atoms with Crippen molar-refractivity contribution in [2.24, 2.45) is 0 Å². The summed E-state index contributed by atoms with van der Waals surface area (Å²) in [5.74, 6) is -0.279. The van der Waals surface area contributed by atoms with Crippen LogP contribution in [0.15, 0.2) is 58.3 Å². The standard InChI is InChI=1S/C24H30O8S/c1-5-17(3)31-23(25)15-29-19-7-11-21(12-8-19)33(27,28)22-13-9-20(10-14-22)30-16-24(26)32-18(4)6-2/h7-14,17-18H,5-6,15-16H2,1-4H3. The lowest BCUT2D eigenvalue weighted by molar-refractivity contribution is -0.151. The van der Waals surface area contributed by atoms with E-state index in [9.17, 15) is 18.0 Å². The lowest BCUT2D eigenvalue weighted by Gasteiger charge is -2.12. The van der Waals surface area contributed by atoms with Crippen LogP contribution in [-0.2, 0) is 28.9 Å². The number of esters is 2. The van der Waals surface area contributed by atoms with Gasteiger partial charge in [-0.2, -0.15) is 0 Å². The summed E-state index contributed by atoms with van der Waals surface area (Å²) in [4.78, 5) is 23.5. The quantitative estimate of drug-likeness (QED) is 0.422. The predicted octanol–water partition coefficient (Wildman–Crippen LogP) is 3.96. The van der Waals surface area contributed by atoms with Crippen molar-refractivity contribution in [2.75, 3.05) is 13.2 Å². The third-order valence-electron chi connectivity index (χ3n) is 4.80. The Morgan fingerprint density at radius 2 is 1.03 bits per heavy atom.